The van der Waals surface area contributed by atoms with Crippen LogP contribution in [0.4, 0.5) is 5.82 Å². The quantitative estimate of drug-likeness (QED) is 0.724. The van der Waals surface area contributed by atoms with Crippen molar-refractivity contribution in [2.24, 2.45) is 0 Å². The number of ether oxygens (including phenoxy) is 1. The Bertz CT molecular complexity index is 881. The molecule has 0 aliphatic heterocycles. The van der Waals surface area contributed by atoms with Gasteiger partial charge in [0.05, 0.1) is 12.8 Å². The molecule has 116 valence electrons. The van der Waals surface area contributed by atoms with E-state index in [1.165, 1.54) is 0 Å². The summed E-state index contributed by atoms with van der Waals surface area (Å²) in [6.45, 7) is 3.11. The fourth-order valence-electron chi connectivity index (χ4n) is 2.68. The second kappa shape index (κ2) is 5.89. The molecule has 0 saturated carbocycles. The van der Waals surface area contributed by atoms with Gasteiger partial charge >= 0.3 is 6.92 Å². The van der Waals surface area contributed by atoms with Gasteiger partial charge < -0.3 is 15.5 Å². The van der Waals surface area contributed by atoms with Crippen LogP contribution in [0.1, 0.15) is 5.69 Å². The zero-order valence-corrected chi connectivity index (χ0v) is 13.4. The molecular weight excluding hydrogens is 289 g/mol. The van der Waals surface area contributed by atoms with Gasteiger partial charge in [-0.1, -0.05) is 25.0 Å². The minimum Gasteiger partial charge on any atom is -0.496 e. The molecule has 0 bridgehead atoms. The third kappa shape index (κ3) is 2.73. The zero-order chi connectivity index (χ0) is 16.6. The summed E-state index contributed by atoms with van der Waals surface area (Å²) >= 11 is 0. The monoisotopic (exact) mass is 307 g/mol. The lowest BCUT2D eigenvalue weighted by molar-refractivity contribution is 0.416. The van der Waals surface area contributed by atoms with Gasteiger partial charge in [0.25, 0.3) is 0 Å². The first kappa shape index (κ1) is 15.3. The Labute approximate surface area is 135 Å². The standard InChI is InChI=1S/C17H18BN3O2/c1-10-14-8-11(4-6-13(14)17(19)21-20-10)15-9-12(18(2)22)5-7-16(15)23-3/h4-9,22H,1-3H3,(H2,19,21). The van der Waals surface area contributed by atoms with Crippen molar-refractivity contribution in [1.82, 2.24) is 10.2 Å². The van der Waals surface area contributed by atoms with Crippen LogP contribution in [0.2, 0.25) is 6.82 Å². The largest absolute Gasteiger partial charge is 0.496 e. The van der Waals surface area contributed by atoms with E-state index in [0.29, 0.717) is 5.82 Å². The van der Waals surface area contributed by atoms with E-state index in [1.54, 1.807) is 13.9 Å². The highest BCUT2D eigenvalue weighted by molar-refractivity contribution is 6.64. The first-order valence-electron chi connectivity index (χ1n) is 7.40. The number of benzene rings is 2. The van der Waals surface area contributed by atoms with Crippen LogP contribution in [-0.2, 0) is 0 Å². The second-order valence-electron chi connectivity index (χ2n) is 5.57. The number of methoxy groups -OCH3 is 1. The summed E-state index contributed by atoms with van der Waals surface area (Å²) in [5, 5.41) is 19.7. The van der Waals surface area contributed by atoms with Crippen LogP contribution in [0, 0.1) is 6.92 Å². The molecule has 0 atom stereocenters. The van der Waals surface area contributed by atoms with E-state index >= 15 is 0 Å². The lowest BCUT2D eigenvalue weighted by Crippen LogP contribution is -2.26. The summed E-state index contributed by atoms with van der Waals surface area (Å²) in [7, 11) is 1.64. The number of anilines is 1. The molecule has 3 rings (SSSR count). The van der Waals surface area contributed by atoms with E-state index in [-0.39, 0.29) is 0 Å². The van der Waals surface area contributed by atoms with Gasteiger partial charge in [-0.15, -0.1) is 5.10 Å². The minimum absolute atomic E-state index is 0.418. The van der Waals surface area contributed by atoms with Crippen molar-refractivity contribution >= 4 is 29.0 Å². The Balaban J connectivity index is 2.24. The molecule has 0 fully saturated rings. The van der Waals surface area contributed by atoms with Crippen molar-refractivity contribution in [3.05, 3.63) is 42.1 Å². The Morgan fingerprint density at radius 1 is 1.09 bits per heavy atom. The molecule has 0 aliphatic carbocycles. The molecule has 3 N–H and O–H groups in total. The predicted molar refractivity (Wildman–Crippen MR) is 94.1 cm³/mol. The van der Waals surface area contributed by atoms with Gasteiger partial charge in [0.2, 0.25) is 0 Å². The van der Waals surface area contributed by atoms with Gasteiger partial charge in [0.1, 0.15) is 5.75 Å². The van der Waals surface area contributed by atoms with Crippen molar-refractivity contribution in [2.45, 2.75) is 13.7 Å². The molecule has 0 spiro atoms. The first-order chi connectivity index (χ1) is 11.0. The highest BCUT2D eigenvalue weighted by Crippen LogP contribution is 2.32. The molecule has 0 unspecified atom stereocenters. The van der Waals surface area contributed by atoms with Crippen LogP contribution in [0.3, 0.4) is 0 Å². The number of nitrogens with two attached hydrogens (primary N) is 1. The molecule has 1 heterocycles. The fraction of sp³-hybridized carbons (Fsp3) is 0.176. The number of fused-ring (bicyclic) bond motifs is 1. The summed E-state index contributed by atoms with van der Waals surface area (Å²) in [6, 6.07) is 11.6. The van der Waals surface area contributed by atoms with Crippen LogP contribution in [-0.4, -0.2) is 29.2 Å². The maximum atomic E-state index is 9.84. The average Bonchev–Trinajstić information content (AvgIpc) is 2.57. The lowest BCUT2D eigenvalue weighted by atomic mass is 9.64. The zero-order valence-electron chi connectivity index (χ0n) is 13.4. The molecule has 0 radical (unpaired) electrons. The van der Waals surface area contributed by atoms with Crippen LogP contribution in [0.15, 0.2) is 36.4 Å². The van der Waals surface area contributed by atoms with Gasteiger partial charge in [-0.25, -0.2) is 0 Å². The SMILES string of the molecule is COc1ccc(B(C)O)cc1-c1ccc2c(N)nnc(C)c2c1. The molecule has 5 nitrogen and oxygen atoms in total. The molecule has 6 heteroatoms. The Morgan fingerprint density at radius 2 is 1.87 bits per heavy atom. The summed E-state index contributed by atoms with van der Waals surface area (Å²) in [5.74, 6) is 1.17. The molecule has 23 heavy (non-hydrogen) atoms. The number of rotatable bonds is 3. The summed E-state index contributed by atoms with van der Waals surface area (Å²) < 4.78 is 5.47. The van der Waals surface area contributed by atoms with Crippen LogP contribution >= 0.6 is 0 Å². The molecule has 1 aromatic heterocycles. The molecule has 0 aliphatic rings. The van der Waals surface area contributed by atoms with Gasteiger partial charge in [0.15, 0.2) is 5.82 Å². The molecule has 3 aromatic rings. The smallest absolute Gasteiger partial charge is 0.320 e. The Kier molecular flexibility index (Phi) is 3.92. The molecule has 0 amide bonds. The molecule has 0 saturated heterocycles. The summed E-state index contributed by atoms with van der Waals surface area (Å²) in [6.07, 6.45) is 0. The predicted octanol–water partition coefficient (Wildman–Crippen LogP) is 2.02. The number of aryl methyl sites for hydroxylation is 1. The summed E-state index contributed by atoms with van der Waals surface area (Å²) in [5.41, 5.74) is 9.46. The van der Waals surface area contributed by atoms with E-state index in [0.717, 1.165) is 38.8 Å². The molecule has 2 aromatic carbocycles. The van der Waals surface area contributed by atoms with Crippen LogP contribution in [0.5, 0.6) is 5.75 Å². The first-order valence-corrected chi connectivity index (χ1v) is 7.40. The minimum atomic E-state index is -0.539. The number of hydrogen-bond acceptors (Lipinski definition) is 5. The normalized spacial score (nSPS) is 10.8. The van der Waals surface area contributed by atoms with Gasteiger partial charge in [-0.2, -0.15) is 5.10 Å². The van der Waals surface area contributed by atoms with Crippen molar-refractivity contribution < 1.29 is 9.76 Å². The van der Waals surface area contributed by atoms with Crippen LogP contribution < -0.4 is 15.9 Å². The maximum absolute atomic E-state index is 9.84. The fourth-order valence-corrected chi connectivity index (χ4v) is 2.68. The average molecular weight is 307 g/mol. The lowest BCUT2D eigenvalue weighted by Gasteiger charge is -2.13. The third-order valence-corrected chi connectivity index (χ3v) is 4.01. The Morgan fingerprint density at radius 3 is 2.57 bits per heavy atom. The Hall–Kier alpha value is -2.60. The summed E-state index contributed by atoms with van der Waals surface area (Å²) in [4.78, 5) is 0. The van der Waals surface area contributed by atoms with E-state index in [9.17, 15) is 5.02 Å². The third-order valence-electron chi connectivity index (χ3n) is 4.01. The van der Waals surface area contributed by atoms with Gasteiger partial charge in [-0.3, -0.25) is 0 Å². The van der Waals surface area contributed by atoms with Crippen molar-refractivity contribution in [2.75, 3.05) is 12.8 Å². The highest BCUT2D eigenvalue weighted by Gasteiger charge is 2.13. The van der Waals surface area contributed by atoms with Crippen molar-refractivity contribution in [3.63, 3.8) is 0 Å². The maximum Gasteiger partial charge on any atom is 0.320 e. The van der Waals surface area contributed by atoms with Crippen molar-refractivity contribution in [3.8, 4) is 16.9 Å². The topological polar surface area (TPSA) is 81.3 Å². The van der Waals surface area contributed by atoms with E-state index in [2.05, 4.69) is 10.2 Å². The van der Waals surface area contributed by atoms with E-state index in [4.69, 9.17) is 10.5 Å². The second-order valence-corrected chi connectivity index (χ2v) is 5.57. The number of aromatic nitrogens is 2. The van der Waals surface area contributed by atoms with E-state index < -0.39 is 6.92 Å². The number of nitrogen functional groups attached to an aromatic ring is 1. The molecular formula is C17H18BN3O2. The number of nitrogens with zero attached hydrogens (tertiary/aromatic N) is 2. The van der Waals surface area contributed by atoms with E-state index in [1.807, 2.05) is 43.3 Å². The van der Waals surface area contributed by atoms with Crippen molar-refractivity contribution in [1.29, 1.82) is 0 Å². The van der Waals surface area contributed by atoms with Gasteiger partial charge in [-0.05, 0) is 36.1 Å². The highest BCUT2D eigenvalue weighted by atomic mass is 16.5. The van der Waals surface area contributed by atoms with Gasteiger partial charge in [0, 0.05) is 16.3 Å². The number of hydrogen-bond donors (Lipinski definition) is 2. The van der Waals surface area contributed by atoms with Crippen LogP contribution in [0.25, 0.3) is 21.9 Å².